The molecule has 2 heterocycles. The standard InChI is InChI=1S/C16H20N2S/c1-7-9(2)14-12(5)17-13(6)15(18-14)16-10(3)8-11(4)19-16/h7-8H,1-6H3/b9-7-. The molecule has 0 saturated heterocycles. The Morgan fingerprint density at radius 2 is 1.79 bits per heavy atom. The van der Waals surface area contributed by atoms with Crippen molar-refractivity contribution >= 4 is 16.9 Å². The second-order valence-electron chi connectivity index (χ2n) is 4.93. The van der Waals surface area contributed by atoms with E-state index in [4.69, 9.17) is 4.98 Å². The van der Waals surface area contributed by atoms with Crippen LogP contribution in [0.25, 0.3) is 16.1 Å². The molecule has 0 aliphatic carbocycles. The summed E-state index contributed by atoms with van der Waals surface area (Å²) in [5.41, 5.74) is 6.51. The molecule has 0 saturated carbocycles. The van der Waals surface area contributed by atoms with Gasteiger partial charge < -0.3 is 0 Å². The van der Waals surface area contributed by atoms with Gasteiger partial charge >= 0.3 is 0 Å². The molecule has 2 aromatic heterocycles. The Balaban J connectivity index is 2.67. The molecule has 19 heavy (non-hydrogen) atoms. The van der Waals surface area contributed by atoms with E-state index in [1.807, 2.05) is 20.8 Å². The third-order valence-corrected chi connectivity index (χ3v) is 4.47. The molecule has 0 fully saturated rings. The Labute approximate surface area is 119 Å². The average Bonchev–Trinajstić information content (AvgIpc) is 2.67. The molecule has 0 N–H and O–H groups in total. The average molecular weight is 272 g/mol. The zero-order chi connectivity index (χ0) is 14.2. The number of thiophene rings is 1. The van der Waals surface area contributed by atoms with Gasteiger partial charge in [-0.1, -0.05) is 6.08 Å². The predicted molar refractivity (Wildman–Crippen MR) is 83.6 cm³/mol. The molecule has 3 heteroatoms. The minimum absolute atomic E-state index is 1.00. The zero-order valence-electron chi connectivity index (χ0n) is 12.5. The van der Waals surface area contributed by atoms with Crippen molar-refractivity contribution < 1.29 is 0 Å². The molecule has 2 aromatic rings. The number of aryl methyl sites for hydroxylation is 4. The van der Waals surface area contributed by atoms with Crippen LogP contribution in [-0.4, -0.2) is 9.97 Å². The lowest BCUT2D eigenvalue weighted by Gasteiger charge is -2.10. The zero-order valence-corrected chi connectivity index (χ0v) is 13.3. The highest BCUT2D eigenvalue weighted by Gasteiger charge is 2.14. The highest BCUT2D eigenvalue weighted by molar-refractivity contribution is 7.15. The van der Waals surface area contributed by atoms with E-state index in [2.05, 4.69) is 37.9 Å². The van der Waals surface area contributed by atoms with Crippen molar-refractivity contribution in [3.05, 3.63) is 39.7 Å². The lowest BCUT2D eigenvalue weighted by atomic mass is 10.1. The number of nitrogens with zero attached hydrogens (tertiary/aromatic N) is 2. The lowest BCUT2D eigenvalue weighted by Crippen LogP contribution is -2.01. The van der Waals surface area contributed by atoms with Crippen LogP contribution in [0.1, 0.15) is 41.4 Å². The van der Waals surface area contributed by atoms with Crippen molar-refractivity contribution in [1.82, 2.24) is 9.97 Å². The molecular weight excluding hydrogens is 252 g/mol. The van der Waals surface area contributed by atoms with Gasteiger partial charge in [-0.3, -0.25) is 4.98 Å². The van der Waals surface area contributed by atoms with Crippen molar-refractivity contribution in [2.45, 2.75) is 41.5 Å². The van der Waals surface area contributed by atoms with Crippen LogP contribution in [0.4, 0.5) is 0 Å². The maximum Gasteiger partial charge on any atom is 0.102 e. The van der Waals surface area contributed by atoms with E-state index in [0.29, 0.717) is 0 Å². The van der Waals surface area contributed by atoms with E-state index in [1.165, 1.54) is 20.9 Å². The summed E-state index contributed by atoms with van der Waals surface area (Å²) in [6.45, 7) is 12.5. The Bertz CT molecular complexity index is 651. The van der Waals surface area contributed by atoms with E-state index < -0.39 is 0 Å². The number of hydrogen-bond acceptors (Lipinski definition) is 3. The molecule has 2 nitrogen and oxygen atoms in total. The lowest BCUT2D eigenvalue weighted by molar-refractivity contribution is 1.04. The van der Waals surface area contributed by atoms with Crippen LogP contribution in [0.2, 0.25) is 0 Å². The molecule has 0 unspecified atom stereocenters. The monoisotopic (exact) mass is 272 g/mol. The summed E-state index contributed by atoms with van der Waals surface area (Å²) in [4.78, 5) is 12.1. The summed E-state index contributed by atoms with van der Waals surface area (Å²) < 4.78 is 0. The van der Waals surface area contributed by atoms with E-state index in [-0.39, 0.29) is 0 Å². The molecule has 0 aliphatic rings. The van der Waals surface area contributed by atoms with Crippen LogP contribution in [0.15, 0.2) is 12.1 Å². The van der Waals surface area contributed by atoms with Crippen molar-refractivity contribution in [2.24, 2.45) is 0 Å². The van der Waals surface area contributed by atoms with Gasteiger partial charge in [-0.25, -0.2) is 4.98 Å². The fraction of sp³-hybridized carbons (Fsp3) is 0.375. The maximum atomic E-state index is 4.87. The normalized spacial score (nSPS) is 12.0. The van der Waals surface area contributed by atoms with Crippen LogP contribution < -0.4 is 0 Å². The number of hydrogen-bond donors (Lipinski definition) is 0. The largest absolute Gasteiger partial charge is 0.254 e. The van der Waals surface area contributed by atoms with Crippen molar-refractivity contribution in [2.75, 3.05) is 0 Å². The summed E-state index contributed by atoms with van der Waals surface area (Å²) >= 11 is 1.79. The van der Waals surface area contributed by atoms with Gasteiger partial charge in [0.25, 0.3) is 0 Å². The quantitative estimate of drug-likeness (QED) is 0.780. The molecule has 0 atom stereocenters. The van der Waals surface area contributed by atoms with Gasteiger partial charge in [0.05, 0.1) is 22.0 Å². The molecule has 0 aliphatic heterocycles. The van der Waals surface area contributed by atoms with Crippen molar-refractivity contribution in [3.8, 4) is 10.6 Å². The first kappa shape index (κ1) is 13.9. The molecular formula is C16H20N2S. The fourth-order valence-electron chi connectivity index (χ4n) is 2.23. The van der Waals surface area contributed by atoms with E-state index in [0.717, 1.165) is 22.8 Å². The van der Waals surface area contributed by atoms with Gasteiger partial charge in [-0.2, -0.15) is 0 Å². The first-order chi connectivity index (χ1) is 8.93. The van der Waals surface area contributed by atoms with Gasteiger partial charge in [-0.15, -0.1) is 11.3 Å². The van der Waals surface area contributed by atoms with Crippen LogP contribution >= 0.6 is 11.3 Å². The van der Waals surface area contributed by atoms with Crippen LogP contribution in [0, 0.1) is 27.7 Å². The van der Waals surface area contributed by atoms with E-state index in [1.54, 1.807) is 11.3 Å². The molecule has 100 valence electrons. The molecule has 0 spiro atoms. The van der Waals surface area contributed by atoms with E-state index in [9.17, 15) is 0 Å². The Morgan fingerprint density at radius 1 is 1.11 bits per heavy atom. The van der Waals surface area contributed by atoms with Crippen molar-refractivity contribution in [3.63, 3.8) is 0 Å². The van der Waals surface area contributed by atoms with Crippen molar-refractivity contribution in [1.29, 1.82) is 0 Å². The molecule has 0 amide bonds. The summed E-state index contributed by atoms with van der Waals surface area (Å²) in [5, 5.41) is 0. The summed E-state index contributed by atoms with van der Waals surface area (Å²) in [6.07, 6.45) is 2.09. The Kier molecular flexibility index (Phi) is 3.85. The van der Waals surface area contributed by atoms with Crippen LogP contribution in [0.5, 0.6) is 0 Å². The van der Waals surface area contributed by atoms with Gasteiger partial charge in [0.15, 0.2) is 0 Å². The Morgan fingerprint density at radius 3 is 2.32 bits per heavy atom. The minimum Gasteiger partial charge on any atom is -0.254 e. The van der Waals surface area contributed by atoms with Crippen LogP contribution in [-0.2, 0) is 0 Å². The molecule has 0 aromatic carbocycles. The maximum absolute atomic E-state index is 4.87. The topological polar surface area (TPSA) is 25.8 Å². The minimum atomic E-state index is 1.00. The summed E-state index contributed by atoms with van der Waals surface area (Å²) in [7, 11) is 0. The predicted octanol–water partition coefficient (Wildman–Crippen LogP) is 4.86. The highest BCUT2D eigenvalue weighted by Crippen LogP contribution is 2.33. The first-order valence-electron chi connectivity index (χ1n) is 6.50. The fourth-order valence-corrected chi connectivity index (χ4v) is 3.30. The third kappa shape index (κ3) is 2.61. The number of allylic oxidation sites excluding steroid dienone is 2. The van der Waals surface area contributed by atoms with E-state index >= 15 is 0 Å². The second kappa shape index (κ2) is 5.25. The summed E-state index contributed by atoms with van der Waals surface area (Å²) in [5.74, 6) is 0. The first-order valence-corrected chi connectivity index (χ1v) is 7.31. The highest BCUT2D eigenvalue weighted by atomic mass is 32.1. The van der Waals surface area contributed by atoms with Gasteiger partial charge in [0.1, 0.15) is 5.69 Å². The summed E-state index contributed by atoms with van der Waals surface area (Å²) in [6, 6.07) is 2.21. The molecule has 0 radical (unpaired) electrons. The molecule has 0 bridgehead atoms. The Hall–Kier alpha value is -1.48. The van der Waals surface area contributed by atoms with Crippen LogP contribution in [0.3, 0.4) is 0 Å². The smallest absolute Gasteiger partial charge is 0.102 e. The molecule has 2 rings (SSSR count). The second-order valence-corrected chi connectivity index (χ2v) is 6.19. The van der Waals surface area contributed by atoms with Gasteiger partial charge in [0, 0.05) is 4.88 Å². The van der Waals surface area contributed by atoms with Gasteiger partial charge in [-0.05, 0) is 58.7 Å². The number of rotatable bonds is 2. The number of aromatic nitrogens is 2. The van der Waals surface area contributed by atoms with Gasteiger partial charge in [0.2, 0.25) is 0 Å². The SMILES string of the molecule is C/C=C(/C)c1nc(-c2sc(C)cc2C)c(C)nc1C. The third-order valence-electron chi connectivity index (χ3n) is 3.31.